The van der Waals surface area contributed by atoms with E-state index in [1.807, 2.05) is 25.1 Å². The van der Waals surface area contributed by atoms with Crippen LogP contribution in [0.25, 0.3) is 10.9 Å². The van der Waals surface area contributed by atoms with E-state index >= 15 is 0 Å². The van der Waals surface area contributed by atoms with Crippen molar-refractivity contribution in [3.05, 3.63) is 75.5 Å². The van der Waals surface area contributed by atoms with Crippen molar-refractivity contribution in [2.75, 3.05) is 5.32 Å². The highest BCUT2D eigenvalue weighted by atomic mass is 35.5. The molecule has 0 spiro atoms. The first-order chi connectivity index (χ1) is 11.0. The highest BCUT2D eigenvalue weighted by Gasteiger charge is 2.08. The topological polar surface area (TPSA) is 51.1 Å². The van der Waals surface area contributed by atoms with Crippen LogP contribution in [0.5, 0.6) is 0 Å². The molecule has 116 valence electrons. The second-order valence-electron chi connectivity index (χ2n) is 5.39. The van der Waals surface area contributed by atoms with Gasteiger partial charge in [0.25, 0.3) is 0 Å². The summed E-state index contributed by atoms with van der Waals surface area (Å²) in [4.78, 5) is 24.2. The van der Waals surface area contributed by atoms with Crippen LogP contribution in [0.3, 0.4) is 0 Å². The summed E-state index contributed by atoms with van der Waals surface area (Å²) in [6.07, 6.45) is 1.64. The molecule has 0 aliphatic heterocycles. The van der Waals surface area contributed by atoms with Gasteiger partial charge in [-0.25, -0.2) is 0 Å². The second-order valence-corrected chi connectivity index (χ2v) is 5.82. The number of halogens is 1. The first-order valence-corrected chi connectivity index (χ1v) is 7.56. The zero-order valence-electron chi connectivity index (χ0n) is 12.5. The molecule has 0 unspecified atom stereocenters. The molecule has 1 amide bonds. The third-order valence-corrected chi connectivity index (χ3v) is 3.79. The van der Waals surface area contributed by atoms with Gasteiger partial charge in [-0.1, -0.05) is 29.3 Å². The van der Waals surface area contributed by atoms with Gasteiger partial charge >= 0.3 is 0 Å². The van der Waals surface area contributed by atoms with Crippen molar-refractivity contribution >= 4 is 34.1 Å². The lowest BCUT2D eigenvalue weighted by molar-refractivity contribution is -0.116. The van der Waals surface area contributed by atoms with Gasteiger partial charge in [0, 0.05) is 28.4 Å². The SMILES string of the molecule is Cc1ccc2c(c1)c(=O)ccn2CC(=O)Nc1cccc(Cl)c1. The van der Waals surface area contributed by atoms with Gasteiger partial charge in [0.1, 0.15) is 6.54 Å². The number of benzene rings is 2. The minimum atomic E-state index is -0.183. The molecule has 4 nitrogen and oxygen atoms in total. The quantitative estimate of drug-likeness (QED) is 0.799. The molecule has 23 heavy (non-hydrogen) atoms. The summed E-state index contributed by atoms with van der Waals surface area (Å²) in [6, 6.07) is 14.1. The van der Waals surface area contributed by atoms with Gasteiger partial charge < -0.3 is 9.88 Å². The van der Waals surface area contributed by atoms with E-state index in [-0.39, 0.29) is 17.9 Å². The summed E-state index contributed by atoms with van der Waals surface area (Å²) in [5.74, 6) is -0.183. The Bertz CT molecular complexity index is 947. The molecule has 0 atom stereocenters. The molecule has 3 aromatic rings. The molecule has 0 aliphatic rings. The maximum absolute atomic E-state index is 12.2. The van der Waals surface area contributed by atoms with Crippen molar-refractivity contribution in [1.29, 1.82) is 0 Å². The van der Waals surface area contributed by atoms with Crippen molar-refractivity contribution in [3.8, 4) is 0 Å². The van der Waals surface area contributed by atoms with E-state index in [1.165, 1.54) is 6.07 Å². The summed E-state index contributed by atoms with van der Waals surface area (Å²) >= 11 is 5.91. The Balaban J connectivity index is 1.88. The van der Waals surface area contributed by atoms with Gasteiger partial charge in [-0.3, -0.25) is 9.59 Å². The highest BCUT2D eigenvalue weighted by molar-refractivity contribution is 6.30. The Labute approximate surface area is 138 Å². The maximum atomic E-state index is 12.2. The third kappa shape index (κ3) is 3.43. The number of aryl methyl sites for hydroxylation is 1. The van der Waals surface area contributed by atoms with Crippen molar-refractivity contribution < 1.29 is 4.79 Å². The van der Waals surface area contributed by atoms with Crippen LogP contribution in [0.15, 0.2) is 59.5 Å². The van der Waals surface area contributed by atoms with E-state index < -0.39 is 0 Å². The molecular weight excluding hydrogens is 312 g/mol. The third-order valence-electron chi connectivity index (χ3n) is 3.56. The van der Waals surface area contributed by atoms with Crippen LogP contribution in [0.4, 0.5) is 5.69 Å². The molecule has 1 N–H and O–H groups in total. The van der Waals surface area contributed by atoms with E-state index in [4.69, 9.17) is 11.6 Å². The lowest BCUT2D eigenvalue weighted by Crippen LogP contribution is -2.20. The van der Waals surface area contributed by atoms with Crippen LogP contribution in [0, 0.1) is 6.92 Å². The fraction of sp³-hybridized carbons (Fsp3) is 0.111. The van der Waals surface area contributed by atoms with E-state index in [2.05, 4.69) is 5.32 Å². The molecule has 5 heteroatoms. The number of pyridine rings is 1. The van der Waals surface area contributed by atoms with Crippen molar-refractivity contribution in [2.24, 2.45) is 0 Å². The molecule has 0 aliphatic carbocycles. The summed E-state index contributed by atoms with van der Waals surface area (Å²) in [6.45, 7) is 2.05. The molecule has 1 aromatic heterocycles. The largest absolute Gasteiger partial charge is 0.338 e. The lowest BCUT2D eigenvalue weighted by Gasteiger charge is -2.11. The summed E-state index contributed by atoms with van der Waals surface area (Å²) in [5, 5.41) is 3.98. The Morgan fingerprint density at radius 1 is 1.17 bits per heavy atom. The van der Waals surface area contributed by atoms with Crippen LogP contribution in [0.1, 0.15) is 5.56 Å². The van der Waals surface area contributed by atoms with E-state index in [9.17, 15) is 9.59 Å². The predicted octanol–water partition coefficient (Wildman–Crippen LogP) is 3.60. The monoisotopic (exact) mass is 326 g/mol. The molecule has 0 saturated heterocycles. The zero-order chi connectivity index (χ0) is 16.4. The maximum Gasteiger partial charge on any atom is 0.244 e. The fourth-order valence-corrected chi connectivity index (χ4v) is 2.68. The Kier molecular flexibility index (Phi) is 4.17. The number of nitrogens with one attached hydrogen (secondary N) is 1. The van der Waals surface area contributed by atoms with E-state index in [0.717, 1.165) is 11.1 Å². The molecule has 2 aromatic carbocycles. The van der Waals surface area contributed by atoms with Gasteiger partial charge in [-0.2, -0.15) is 0 Å². The van der Waals surface area contributed by atoms with Crippen molar-refractivity contribution in [1.82, 2.24) is 4.57 Å². The molecule has 0 radical (unpaired) electrons. The van der Waals surface area contributed by atoms with Crippen LogP contribution >= 0.6 is 11.6 Å². The van der Waals surface area contributed by atoms with E-state index in [0.29, 0.717) is 16.1 Å². The number of amides is 1. The minimum Gasteiger partial charge on any atom is -0.338 e. The van der Waals surface area contributed by atoms with Crippen LogP contribution in [-0.4, -0.2) is 10.5 Å². The number of anilines is 1. The summed E-state index contributed by atoms with van der Waals surface area (Å²) in [5.41, 5.74) is 2.35. The zero-order valence-corrected chi connectivity index (χ0v) is 13.3. The van der Waals surface area contributed by atoms with Gasteiger partial charge in [-0.15, -0.1) is 0 Å². The standard InChI is InChI=1S/C18H15ClN2O2/c1-12-5-6-16-15(9-12)17(22)7-8-21(16)11-18(23)20-14-4-2-3-13(19)10-14/h2-10H,11H2,1H3,(H,20,23). The average Bonchev–Trinajstić information content (AvgIpc) is 2.50. The Morgan fingerprint density at radius 2 is 2.00 bits per heavy atom. The first kappa shape index (κ1) is 15.3. The lowest BCUT2D eigenvalue weighted by atomic mass is 10.1. The van der Waals surface area contributed by atoms with Gasteiger partial charge in [0.2, 0.25) is 5.91 Å². The number of aromatic nitrogens is 1. The number of fused-ring (bicyclic) bond motifs is 1. The normalized spacial score (nSPS) is 10.7. The molecule has 0 fully saturated rings. The number of hydrogen-bond acceptors (Lipinski definition) is 2. The van der Waals surface area contributed by atoms with Crippen LogP contribution in [-0.2, 0) is 11.3 Å². The van der Waals surface area contributed by atoms with Crippen LogP contribution in [0.2, 0.25) is 5.02 Å². The molecule has 0 bridgehead atoms. The number of carbonyl (C=O) groups is 1. The molecular formula is C18H15ClN2O2. The summed E-state index contributed by atoms with van der Waals surface area (Å²) in [7, 11) is 0. The number of rotatable bonds is 3. The molecule has 3 rings (SSSR count). The van der Waals surface area contributed by atoms with Gasteiger partial charge in [0.15, 0.2) is 5.43 Å². The summed E-state index contributed by atoms with van der Waals surface area (Å²) < 4.78 is 1.76. The fourth-order valence-electron chi connectivity index (χ4n) is 2.48. The number of carbonyl (C=O) groups excluding carboxylic acids is 1. The Morgan fingerprint density at radius 3 is 2.78 bits per heavy atom. The van der Waals surface area contributed by atoms with Gasteiger partial charge in [-0.05, 0) is 37.3 Å². The molecule has 0 saturated carbocycles. The Hall–Kier alpha value is -2.59. The smallest absolute Gasteiger partial charge is 0.244 e. The predicted molar refractivity (Wildman–Crippen MR) is 93.0 cm³/mol. The average molecular weight is 327 g/mol. The first-order valence-electron chi connectivity index (χ1n) is 7.18. The number of hydrogen-bond donors (Lipinski definition) is 1. The minimum absolute atomic E-state index is 0.0461. The second kappa shape index (κ2) is 6.26. The number of nitrogens with zero attached hydrogens (tertiary/aromatic N) is 1. The van der Waals surface area contributed by atoms with E-state index in [1.54, 1.807) is 35.0 Å². The van der Waals surface area contributed by atoms with Crippen molar-refractivity contribution in [2.45, 2.75) is 13.5 Å². The highest BCUT2D eigenvalue weighted by Crippen LogP contribution is 2.16. The van der Waals surface area contributed by atoms with Gasteiger partial charge in [0.05, 0.1) is 5.52 Å². The van der Waals surface area contributed by atoms with Crippen LogP contribution < -0.4 is 10.7 Å². The van der Waals surface area contributed by atoms with Crippen molar-refractivity contribution in [3.63, 3.8) is 0 Å². The molecule has 1 heterocycles.